The molecule has 4 heteroatoms. The van der Waals surface area contributed by atoms with Crippen molar-refractivity contribution in [1.29, 1.82) is 0 Å². The van der Waals surface area contributed by atoms with E-state index in [1.165, 1.54) is 6.42 Å². The lowest BCUT2D eigenvalue weighted by atomic mass is 10.3. The second-order valence-electron chi connectivity index (χ2n) is 3.35. The maximum atomic E-state index is 5.24. The van der Waals surface area contributed by atoms with Crippen molar-refractivity contribution in [1.82, 2.24) is 4.90 Å². The fourth-order valence-electron chi connectivity index (χ4n) is 1.41. The van der Waals surface area contributed by atoms with Gasteiger partial charge in [0, 0.05) is 48.1 Å². The van der Waals surface area contributed by atoms with Crippen LogP contribution in [0.25, 0.3) is 0 Å². The van der Waals surface area contributed by atoms with E-state index in [4.69, 9.17) is 9.47 Å². The Hall–Kier alpha value is -0.160. The molecule has 1 aliphatic heterocycles. The van der Waals surface area contributed by atoms with Crippen molar-refractivity contribution in [2.24, 2.45) is 0 Å². The minimum Gasteiger partial charge on any atom is -0.388 e. The molecular weight excluding hydrogens is 206 g/mol. The van der Waals surface area contributed by atoms with Crippen molar-refractivity contribution in [2.45, 2.75) is 26.4 Å². The summed E-state index contributed by atoms with van der Waals surface area (Å²) in [6.07, 6.45) is 1.62. The van der Waals surface area contributed by atoms with Gasteiger partial charge in [-0.2, -0.15) is 0 Å². The summed E-state index contributed by atoms with van der Waals surface area (Å²) in [5, 5.41) is 0. The van der Waals surface area contributed by atoms with Crippen molar-refractivity contribution >= 4 is 0 Å². The van der Waals surface area contributed by atoms with Gasteiger partial charge in [-0.25, -0.2) is 0 Å². The van der Waals surface area contributed by atoms with Gasteiger partial charge in [0.2, 0.25) is 0 Å². The van der Waals surface area contributed by atoms with E-state index in [2.05, 4.69) is 9.64 Å². The van der Waals surface area contributed by atoms with Gasteiger partial charge in [-0.1, -0.05) is 13.8 Å². The molecular formula is C12H29NO3. The molecule has 0 spiro atoms. The molecule has 1 fully saturated rings. The molecule has 0 N–H and O–H groups in total. The summed E-state index contributed by atoms with van der Waals surface area (Å²) in [4.78, 5) is 2.37. The van der Waals surface area contributed by atoms with Crippen LogP contribution in [-0.4, -0.2) is 65.7 Å². The fraction of sp³-hybridized carbons (Fsp3) is 1.00. The van der Waals surface area contributed by atoms with Gasteiger partial charge in [-0.05, 0) is 6.42 Å². The van der Waals surface area contributed by atoms with Gasteiger partial charge in [0.25, 0.3) is 0 Å². The first kappa shape index (κ1) is 18.2. The molecule has 1 unspecified atom stereocenters. The van der Waals surface area contributed by atoms with Crippen LogP contribution < -0.4 is 0 Å². The molecule has 100 valence electrons. The number of methoxy groups -OCH3 is 3. The van der Waals surface area contributed by atoms with E-state index in [-0.39, 0.29) is 0 Å². The van der Waals surface area contributed by atoms with Crippen molar-refractivity contribution in [3.05, 3.63) is 0 Å². The average Bonchev–Trinajstić information content (AvgIpc) is 2.78. The third-order valence-corrected chi connectivity index (χ3v) is 2.17. The zero-order chi connectivity index (χ0) is 12.8. The maximum Gasteiger partial charge on any atom is 0.0710 e. The Kier molecular flexibility index (Phi) is 16.9. The average molecular weight is 235 g/mol. The van der Waals surface area contributed by atoms with Gasteiger partial charge in [0.05, 0.1) is 12.7 Å². The normalized spacial score (nSPS) is 19.5. The third kappa shape index (κ3) is 10.4. The molecule has 1 heterocycles. The van der Waals surface area contributed by atoms with E-state index in [0.717, 1.165) is 26.2 Å². The Bertz CT molecular complexity index is 123. The van der Waals surface area contributed by atoms with Crippen LogP contribution in [0.3, 0.4) is 0 Å². The second-order valence-corrected chi connectivity index (χ2v) is 3.35. The van der Waals surface area contributed by atoms with Crippen LogP contribution in [0.15, 0.2) is 0 Å². The standard InChI is InChI=1S/C8H17NO2.C2H6O.C2H6/c1-10-6-5-9-4-3-8(7-9)11-2;1-3-2;1-2/h8H,3-7H2,1-2H3;1-2H3;1-2H3. The molecule has 0 aliphatic carbocycles. The Morgan fingerprint density at radius 1 is 1.12 bits per heavy atom. The van der Waals surface area contributed by atoms with Crippen LogP contribution in [0.2, 0.25) is 0 Å². The lowest BCUT2D eigenvalue weighted by molar-refractivity contribution is 0.101. The molecule has 4 nitrogen and oxygen atoms in total. The largest absolute Gasteiger partial charge is 0.388 e. The number of hydrogen-bond donors (Lipinski definition) is 0. The number of ether oxygens (including phenoxy) is 3. The number of rotatable bonds is 4. The third-order valence-electron chi connectivity index (χ3n) is 2.17. The smallest absolute Gasteiger partial charge is 0.0710 e. The molecule has 0 aromatic carbocycles. The summed E-state index contributed by atoms with van der Waals surface area (Å²) in [7, 11) is 6.77. The lowest BCUT2D eigenvalue weighted by Gasteiger charge is -2.14. The van der Waals surface area contributed by atoms with E-state index in [1.54, 1.807) is 28.4 Å². The summed E-state index contributed by atoms with van der Waals surface area (Å²) in [5.74, 6) is 0. The highest BCUT2D eigenvalue weighted by atomic mass is 16.5. The van der Waals surface area contributed by atoms with Crippen LogP contribution in [0, 0.1) is 0 Å². The fourth-order valence-corrected chi connectivity index (χ4v) is 1.41. The van der Waals surface area contributed by atoms with Gasteiger partial charge < -0.3 is 14.2 Å². The Balaban J connectivity index is 0. The van der Waals surface area contributed by atoms with Gasteiger partial charge in [-0.3, -0.25) is 4.90 Å². The molecule has 0 saturated carbocycles. The molecule has 0 amide bonds. The van der Waals surface area contributed by atoms with E-state index in [1.807, 2.05) is 13.8 Å². The zero-order valence-corrected chi connectivity index (χ0v) is 11.8. The monoisotopic (exact) mass is 235 g/mol. The number of nitrogens with zero attached hydrogens (tertiary/aromatic N) is 1. The Morgan fingerprint density at radius 3 is 2.06 bits per heavy atom. The summed E-state index contributed by atoms with van der Waals surface area (Å²) in [5.41, 5.74) is 0. The summed E-state index contributed by atoms with van der Waals surface area (Å²) >= 11 is 0. The molecule has 0 aromatic rings. The first-order chi connectivity index (χ1) is 7.78. The topological polar surface area (TPSA) is 30.9 Å². The van der Waals surface area contributed by atoms with Crippen molar-refractivity contribution < 1.29 is 14.2 Å². The highest BCUT2D eigenvalue weighted by Crippen LogP contribution is 2.10. The lowest BCUT2D eigenvalue weighted by Crippen LogP contribution is -2.26. The first-order valence-corrected chi connectivity index (χ1v) is 5.92. The van der Waals surface area contributed by atoms with Crippen molar-refractivity contribution in [3.63, 3.8) is 0 Å². The zero-order valence-electron chi connectivity index (χ0n) is 11.8. The highest BCUT2D eigenvalue weighted by Gasteiger charge is 2.20. The quantitative estimate of drug-likeness (QED) is 0.741. The van der Waals surface area contributed by atoms with Crippen molar-refractivity contribution in [2.75, 3.05) is 54.7 Å². The molecule has 0 radical (unpaired) electrons. The SMILES string of the molecule is CC.COC.COCCN1CCC(OC)C1. The molecule has 0 aromatic heterocycles. The van der Waals surface area contributed by atoms with Gasteiger partial charge in [-0.15, -0.1) is 0 Å². The molecule has 16 heavy (non-hydrogen) atoms. The van der Waals surface area contributed by atoms with Crippen LogP contribution >= 0.6 is 0 Å². The van der Waals surface area contributed by atoms with E-state index in [9.17, 15) is 0 Å². The van der Waals surface area contributed by atoms with Crippen LogP contribution in [0.5, 0.6) is 0 Å². The summed E-state index contributed by atoms with van der Waals surface area (Å²) in [6.45, 7) is 8.09. The van der Waals surface area contributed by atoms with Crippen LogP contribution in [-0.2, 0) is 14.2 Å². The van der Waals surface area contributed by atoms with Crippen molar-refractivity contribution in [3.8, 4) is 0 Å². The molecule has 1 atom stereocenters. The number of hydrogen-bond acceptors (Lipinski definition) is 4. The molecule has 1 saturated heterocycles. The highest BCUT2D eigenvalue weighted by molar-refractivity contribution is 4.74. The molecule has 1 rings (SSSR count). The molecule has 1 aliphatic rings. The van der Waals surface area contributed by atoms with E-state index in [0.29, 0.717) is 6.10 Å². The van der Waals surface area contributed by atoms with Crippen LogP contribution in [0.4, 0.5) is 0 Å². The summed E-state index contributed by atoms with van der Waals surface area (Å²) in [6, 6.07) is 0. The predicted octanol–water partition coefficient (Wildman–Crippen LogP) is 1.64. The second kappa shape index (κ2) is 14.8. The van der Waals surface area contributed by atoms with Gasteiger partial charge in [0.15, 0.2) is 0 Å². The van der Waals surface area contributed by atoms with E-state index >= 15 is 0 Å². The molecule has 0 bridgehead atoms. The minimum atomic E-state index is 0.451. The van der Waals surface area contributed by atoms with Gasteiger partial charge in [0.1, 0.15) is 0 Å². The summed E-state index contributed by atoms with van der Waals surface area (Å²) < 4.78 is 14.5. The Morgan fingerprint density at radius 2 is 1.69 bits per heavy atom. The van der Waals surface area contributed by atoms with Crippen LogP contribution in [0.1, 0.15) is 20.3 Å². The maximum absolute atomic E-state index is 5.24. The predicted molar refractivity (Wildman–Crippen MR) is 68.0 cm³/mol. The van der Waals surface area contributed by atoms with Gasteiger partial charge >= 0.3 is 0 Å². The minimum absolute atomic E-state index is 0.451. The first-order valence-electron chi connectivity index (χ1n) is 5.92. The Labute approximate surface area is 101 Å². The van der Waals surface area contributed by atoms with E-state index < -0.39 is 0 Å². The number of likely N-dealkylation sites (tertiary alicyclic amines) is 1.